The fourth-order valence-electron chi connectivity index (χ4n) is 4.13. The number of benzene rings is 2. The van der Waals surface area contributed by atoms with Crippen LogP contribution in [0, 0.1) is 5.92 Å². The minimum Gasteiger partial charge on any atom is -0.481 e. The zero-order valence-corrected chi connectivity index (χ0v) is 16.1. The number of carboxylic acid groups (broad SMARTS) is 1. The number of para-hydroxylation sites is 1. The van der Waals surface area contributed by atoms with Gasteiger partial charge in [0.2, 0.25) is 0 Å². The van der Waals surface area contributed by atoms with E-state index in [4.69, 9.17) is 4.98 Å². The standard InChI is InChI=1S/C23H21F3N2O2/c24-23(25,26)18-8-3-6-16(13-18)21(28-12-4-7-17(14-28)22(29)30)20-11-10-15-5-1-2-9-19(15)27-20/h1-3,5-6,8-11,13,17,21H,4,7,12,14H2,(H,29,30). The second kappa shape index (κ2) is 8.07. The Bertz CT molecular complexity index is 1070. The maximum absolute atomic E-state index is 13.3. The Balaban J connectivity index is 1.81. The number of likely N-dealkylation sites (tertiary alicyclic amines) is 1. The molecule has 0 aliphatic carbocycles. The molecule has 30 heavy (non-hydrogen) atoms. The molecule has 0 amide bonds. The van der Waals surface area contributed by atoms with Gasteiger partial charge < -0.3 is 5.11 Å². The van der Waals surface area contributed by atoms with E-state index in [2.05, 4.69) is 0 Å². The van der Waals surface area contributed by atoms with Crippen LogP contribution in [-0.4, -0.2) is 34.0 Å². The Hall–Kier alpha value is -2.93. The third kappa shape index (κ3) is 4.16. The second-order valence-corrected chi connectivity index (χ2v) is 7.63. The molecule has 0 saturated carbocycles. The van der Waals surface area contributed by atoms with Gasteiger partial charge in [-0.25, -0.2) is 0 Å². The molecule has 1 aliphatic rings. The van der Waals surface area contributed by atoms with Gasteiger partial charge in [-0.3, -0.25) is 14.7 Å². The van der Waals surface area contributed by atoms with Crippen molar-refractivity contribution in [2.24, 2.45) is 5.92 Å². The minimum atomic E-state index is -4.46. The van der Waals surface area contributed by atoms with E-state index in [1.54, 1.807) is 6.07 Å². The SMILES string of the molecule is O=C(O)C1CCCN(C(c2cccc(C(F)(F)F)c2)c2ccc3ccccc3n2)C1. The Kier molecular flexibility index (Phi) is 5.47. The normalized spacial score (nSPS) is 19.0. The van der Waals surface area contributed by atoms with Crippen molar-refractivity contribution in [2.75, 3.05) is 13.1 Å². The van der Waals surface area contributed by atoms with Gasteiger partial charge >= 0.3 is 12.1 Å². The number of piperidine rings is 1. The third-order valence-corrected chi connectivity index (χ3v) is 5.60. The monoisotopic (exact) mass is 414 g/mol. The molecule has 0 bridgehead atoms. The quantitative estimate of drug-likeness (QED) is 0.642. The minimum absolute atomic E-state index is 0.269. The first-order valence-electron chi connectivity index (χ1n) is 9.82. The molecule has 4 rings (SSSR count). The van der Waals surface area contributed by atoms with E-state index in [-0.39, 0.29) is 6.54 Å². The summed E-state index contributed by atoms with van der Waals surface area (Å²) in [6.07, 6.45) is -3.23. The molecule has 1 N–H and O–H groups in total. The summed E-state index contributed by atoms with van der Waals surface area (Å²) in [4.78, 5) is 18.2. The van der Waals surface area contributed by atoms with Gasteiger partial charge in [0, 0.05) is 11.9 Å². The summed E-state index contributed by atoms with van der Waals surface area (Å²) in [5.74, 6) is -1.43. The Morgan fingerprint density at radius 3 is 2.67 bits per heavy atom. The van der Waals surface area contributed by atoms with Crippen molar-refractivity contribution in [3.63, 3.8) is 0 Å². The highest BCUT2D eigenvalue weighted by molar-refractivity contribution is 5.78. The van der Waals surface area contributed by atoms with E-state index >= 15 is 0 Å². The Labute approximate surface area is 172 Å². The highest BCUT2D eigenvalue weighted by Gasteiger charge is 2.35. The molecule has 0 radical (unpaired) electrons. The van der Waals surface area contributed by atoms with Gasteiger partial charge in [-0.05, 0) is 49.2 Å². The summed E-state index contributed by atoms with van der Waals surface area (Å²) in [5.41, 5.74) is 1.09. The van der Waals surface area contributed by atoms with Crippen LogP contribution in [0.2, 0.25) is 0 Å². The van der Waals surface area contributed by atoms with Gasteiger partial charge in [0.25, 0.3) is 0 Å². The number of hydrogen-bond acceptors (Lipinski definition) is 3. The fraction of sp³-hybridized carbons (Fsp3) is 0.304. The molecule has 1 fully saturated rings. The van der Waals surface area contributed by atoms with Gasteiger partial charge in [0.15, 0.2) is 0 Å². The molecule has 4 nitrogen and oxygen atoms in total. The number of rotatable bonds is 4. The van der Waals surface area contributed by atoms with E-state index in [9.17, 15) is 23.1 Å². The van der Waals surface area contributed by atoms with E-state index < -0.39 is 29.7 Å². The molecule has 3 aromatic rings. The number of hydrogen-bond donors (Lipinski definition) is 1. The van der Waals surface area contributed by atoms with Crippen LogP contribution in [0.25, 0.3) is 10.9 Å². The van der Waals surface area contributed by atoms with Crippen molar-refractivity contribution < 1.29 is 23.1 Å². The van der Waals surface area contributed by atoms with E-state index in [0.29, 0.717) is 30.6 Å². The predicted molar refractivity (Wildman–Crippen MR) is 107 cm³/mol. The number of fused-ring (bicyclic) bond motifs is 1. The number of aromatic nitrogens is 1. The predicted octanol–water partition coefficient (Wildman–Crippen LogP) is 5.14. The summed E-state index contributed by atoms with van der Waals surface area (Å²) in [6, 6.07) is 15.9. The summed E-state index contributed by atoms with van der Waals surface area (Å²) in [7, 11) is 0. The highest BCUT2D eigenvalue weighted by Crippen LogP contribution is 2.36. The van der Waals surface area contributed by atoms with Crippen LogP contribution in [0.5, 0.6) is 0 Å². The van der Waals surface area contributed by atoms with Crippen molar-refractivity contribution in [2.45, 2.75) is 25.1 Å². The average molecular weight is 414 g/mol. The summed E-state index contributed by atoms with van der Waals surface area (Å²) < 4.78 is 40.0. The summed E-state index contributed by atoms with van der Waals surface area (Å²) in [5, 5.41) is 10.4. The average Bonchev–Trinajstić information content (AvgIpc) is 2.74. The van der Waals surface area contributed by atoms with E-state index in [0.717, 1.165) is 23.0 Å². The third-order valence-electron chi connectivity index (χ3n) is 5.60. The van der Waals surface area contributed by atoms with Crippen LogP contribution in [-0.2, 0) is 11.0 Å². The van der Waals surface area contributed by atoms with Crippen LogP contribution in [0.3, 0.4) is 0 Å². The van der Waals surface area contributed by atoms with Gasteiger partial charge in [0.05, 0.1) is 28.7 Å². The molecule has 2 heterocycles. The number of halogens is 3. The molecular weight excluding hydrogens is 393 g/mol. The molecule has 1 aliphatic heterocycles. The fourth-order valence-corrected chi connectivity index (χ4v) is 4.13. The van der Waals surface area contributed by atoms with Gasteiger partial charge in [-0.2, -0.15) is 13.2 Å². The first kappa shape index (κ1) is 20.3. The van der Waals surface area contributed by atoms with Crippen LogP contribution in [0.1, 0.15) is 35.7 Å². The van der Waals surface area contributed by atoms with Gasteiger partial charge in [-0.15, -0.1) is 0 Å². The molecular formula is C23H21F3N2O2. The Morgan fingerprint density at radius 2 is 1.90 bits per heavy atom. The highest BCUT2D eigenvalue weighted by atomic mass is 19.4. The second-order valence-electron chi connectivity index (χ2n) is 7.63. The lowest BCUT2D eigenvalue weighted by molar-refractivity contribution is -0.143. The van der Waals surface area contributed by atoms with Gasteiger partial charge in [0.1, 0.15) is 0 Å². The lowest BCUT2D eigenvalue weighted by Crippen LogP contribution is -2.41. The van der Waals surface area contributed by atoms with Crippen molar-refractivity contribution in [1.82, 2.24) is 9.88 Å². The maximum Gasteiger partial charge on any atom is 0.416 e. The largest absolute Gasteiger partial charge is 0.481 e. The van der Waals surface area contributed by atoms with Crippen molar-refractivity contribution >= 4 is 16.9 Å². The van der Waals surface area contributed by atoms with Crippen molar-refractivity contribution in [3.8, 4) is 0 Å². The van der Waals surface area contributed by atoms with Crippen LogP contribution in [0.15, 0.2) is 60.7 Å². The molecule has 156 valence electrons. The summed E-state index contributed by atoms with van der Waals surface area (Å²) >= 11 is 0. The zero-order chi connectivity index (χ0) is 21.3. The number of alkyl halides is 3. The molecule has 1 aromatic heterocycles. The topological polar surface area (TPSA) is 53.4 Å². The lowest BCUT2D eigenvalue weighted by Gasteiger charge is -2.37. The van der Waals surface area contributed by atoms with Gasteiger partial charge in [-0.1, -0.05) is 36.4 Å². The molecule has 2 aromatic carbocycles. The van der Waals surface area contributed by atoms with Crippen molar-refractivity contribution in [3.05, 3.63) is 77.5 Å². The number of carbonyl (C=O) groups is 1. The number of aliphatic carboxylic acids is 1. The maximum atomic E-state index is 13.3. The van der Waals surface area contributed by atoms with Crippen molar-refractivity contribution in [1.29, 1.82) is 0 Å². The molecule has 1 saturated heterocycles. The zero-order valence-electron chi connectivity index (χ0n) is 16.1. The van der Waals surface area contributed by atoms with Crippen LogP contribution < -0.4 is 0 Å². The number of nitrogens with zero attached hydrogens (tertiary/aromatic N) is 2. The van der Waals surface area contributed by atoms with E-state index in [1.165, 1.54) is 6.07 Å². The molecule has 2 atom stereocenters. The molecule has 0 spiro atoms. The molecule has 2 unspecified atom stereocenters. The Morgan fingerprint density at radius 1 is 1.10 bits per heavy atom. The smallest absolute Gasteiger partial charge is 0.416 e. The first-order chi connectivity index (χ1) is 14.3. The van der Waals surface area contributed by atoms with Crippen LogP contribution >= 0.6 is 0 Å². The lowest BCUT2D eigenvalue weighted by atomic mass is 9.92. The summed E-state index contributed by atoms with van der Waals surface area (Å²) in [6.45, 7) is 0.865. The van der Waals surface area contributed by atoms with E-state index in [1.807, 2.05) is 41.3 Å². The van der Waals surface area contributed by atoms with Crippen LogP contribution in [0.4, 0.5) is 13.2 Å². The molecule has 7 heteroatoms. The first-order valence-corrected chi connectivity index (χ1v) is 9.82. The number of pyridine rings is 1. The number of carboxylic acids is 1.